The predicted octanol–water partition coefficient (Wildman–Crippen LogP) is 0.825. The van der Waals surface area contributed by atoms with Gasteiger partial charge in [-0.15, -0.1) is 11.6 Å². The number of imidazole rings is 1. The summed E-state index contributed by atoms with van der Waals surface area (Å²) in [5.41, 5.74) is 0. The largest absolute Gasteiger partial charge is 0.385 e. The van der Waals surface area contributed by atoms with Crippen LogP contribution in [0.25, 0.3) is 0 Å². The molecule has 8 heteroatoms. The number of nitrogens with zero attached hydrogens (tertiary/aromatic N) is 2. The molecule has 0 aromatic carbocycles. The molecule has 0 amide bonds. The summed E-state index contributed by atoms with van der Waals surface area (Å²) >= 11 is 5.72. The van der Waals surface area contributed by atoms with E-state index < -0.39 is 10.0 Å². The number of halogens is 1. The number of ether oxygens (including phenoxy) is 1. The minimum absolute atomic E-state index is 0.0110. The highest BCUT2D eigenvalue weighted by molar-refractivity contribution is 7.89. The summed E-state index contributed by atoms with van der Waals surface area (Å²) in [5, 5.41) is 0.0110. The van der Waals surface area contributed by atoms with E-state index in [2.05, 4.69) is 9.71 Å². The second kappa shape index (κ2) is 7.08. The lowest BCUT2D eigenvalue weighted by molar-refractivity contribution is 0.188. The summed E-state index contributed by atoms with van der Waals surface area (Å²) in [4.78, 5) is 3.86. The molecule has 0 saturated heterocycles. The van der Waals surface area contributed by atoms with Crippen molar-refractivity contribution in [3.8, 4) is 0 Å². The SMILES string of the molecule is CCn1cnc(S(=O)(=O)NC(CCl)CCOC)c1. The molecule has 0 spiro atoms. The van der Waals surface area contributed by atoms with Gasteiger partial charge in [0, 0.05) is 38.4 Å². The molecule has 6 nitrogen and oxygen atoms in total. The van der Waals surface area contributed by atoms with Crippen LogP contribution in [0.2, 0.25) is 0 Å². The fraction of sp³-hybridized carbons (Fsp3) is 0.700. The van der Waals surface area contributed by atoms with Crippen LogP contribution >= 0.6 is 11.6 Å². The second-order valence-electron chi connectivity index (χ2n) is 3.80. The molecule has 0 aliphatic rings. The van der Waals surface area contributed by atoms with Crippen molar-refractivity contribution in [2.75, 3.05) is 19.6 Å². The van der Waals surface area contributed by atoms with Crippen molar-refractivity contribution in [1.82, 2.24) is 14.3 Å². The molecular weight excluding hydrogens is 278 g/mol. The number of aromatic nitrogens is 2. The Balaban J connectivity index is 2.73. The predicted molar refractivity (Wildman–Crippen MR) is 69.2 cm³/mol. The third-order valence-electron chi connectivity index (χ3n) is 2.43. The highest BCUT2D eigenvalue weighted by Gasteiger charge is 2.21. The molecule has 0 aliphatic heterocycles. The first-order valence-electron chi connectivity index (χ1n) is 5.62. The molecule has 0 radical (unpaired) electrons. The van der Waals surface area contributed by atoms with Crippen LogP contribution in [0.1, 0.15) is 13.3 Å². The van der Waals surface area contributed by atoms with E-state index >= 15 is 0 Å². The Morgan fingerprint density at radius 2 is 2.33 bits per heavy atom. The van der Waals surface area contributed by atoms with Crippen LogP contribution in [0.4, 0.5) is 0 Å². The normalized spacial score (nSPS) is 13.7. The zero-order chi connectivity index (χ0) is 13.6. The highest BCUT2D eigenvalue weighted by atomic mass is 35.5. The van der Waals surface area contributed by atoms with Gasteiger partial charge in [-0.25, -0.2) is 18.1 Å². The van der Waals surface area contributed by atoms with Gasteiger partial charge in [0.25, 0.3) is 10.0 Å². The van der Waals surface area contributed by atoms with Crippen molar-refractivity contribution >= 4 is 21.6 Å². The number of nitrogens with one attached hydrogen (secondary N) is 1. The smallest absolute Gasteiger partial charge is 0.259 e. The number of aryl methyl sites for hydroxylation is 1. The summed E-state index contributed by atoms with van der Waals surface area (Å²) in [6.45, 7) is 3.03. The van der Waals surface area contributed by atoms with E-state index in [0.29, 0.717) is 19.6 Å². The molecule has 1 unspecified atom stereocenters. The Hall–Kier alpha value is -0.630. The molecule has 0 aliphatic carbocycles. The van der Waals surface area contributed by atoms with Crippen molar-refractivity contribution in [2.24, 2.45) is 0 Å². The molecular formula is C10H18ClN3O3S. The van der Waals surface area contributed by atoms with Crippen molar-refractivity contribution < 1.29 is 13.2 Å². The summed E-state index contributed by atoms with van der Waals surface area (Å²) in [6.07, 6.45) is 3.50. The molecule has 1 rings (SSSR count). The first-order chi connectivity index (χ1) is 8.53. The van der Waals surface area contributed by atoms with Gasteiger partial charge in [-0.1, -0.05) is 0 Å². The zero-order valence-electron chi connectivity index (χ0n) is 10.5. The first-order valence-corrected chi connectivity index (χ1v) is 7.64. The maximum absolute atomic E-state index is 12.0. The number of sulfonamides is 1. The van der Waals surface area contributed by atoms with Gasteiger partial charge in [0.15, 0.2) is 5.03 Å². The molecule has 1 atom stereocenters. The maximum Gasteiger partial charge on any atom is 0.259 e. The molecule has 1 aromatic heterocycles. The van der Waals surface area contributed by atoms with Crippen LogP contribution in [0.15, 0.2) is 17.6 Å². The average molecular weight is 296 g/mol. The number of methoxy groups -OCH3 is 1. The highest BCUT2D eigenvalue weighted by Crippen LogP contribution is 2.08. The summed E-state index contributed by atoms with van der Waals surface area (Å²) in [5.74, 6) is 0.192. The fourth-order valence-corrected chi connectivity index (χ4v) is 2.90. The van der Waals surface area contributed by atoms with Crippen molar-refractivity contribution in [3.05, 3.63) is 12.5 Å². The molecule has 0 bridgehead atoms. The van der Waals surface area contributed by atoms with Gasteiger partial charge < -0.3 is 9.30 Å². The third kappa shape index (κ3) is 4.24. The average Bonchev–Trinajstić information content (AvgIpc) is 2.83. The summed E-state index contributed by atoms with van der Waals surface area (Å²) in [7, 11) is -2.05. The first kappa shape index (κ1) is 15.4. The van der Waals surface area contributed by atoms with E-state index in [-0.39, 0.29) is 16.9 Å². The van der Waals surface area contributed by atoms with Crippen LogP contribution in [0.5, 0.6) is 0 Å². The topological polar surface area (TPSA) is 73.2 Å². The van der Waals surface area contributed by atoms with Crippen molar-refractivity contribution in [2.45, 2.75) is 31.0 Å². The lowest BCUT2D eigenvalue weighted by Gasteiger charge is -2.14. The summed E-state index contributed by atoms with van der Waals surface area (Å²) < 4.78 is 33.1. The Labute approximate surface area is 112 Å². The minimum atomic E-state index is -3.61. The lowest BCUT2D eigenvalue weighted by atomic mass is 10.3. The van der Waals surface area contributed by atoms with Crippen LogP contribution in [-0.4, -0.2) is 43.6 Å². The standard InChI is InChI=1S/C10H18ClN3O3S/c1-3-14-7-10(12-8-14)18(15,16)13-9(6-11)4-5-17-2/h7-9,13H,3-6H2,1-2H3. The molecule has 18 heavy (non-hydrogen) atoms. The summed E-state index contributed by atoms with van der Waals surface area (Å²) in [6, 6.07) is -0.358. The van der Waals surface area contributed by atoms with E-state index in [1.165, 1.54) is 12.5 Å². The Morgan fingerprint density at radius 1 is 1.61 bits per heavy atom. The monoisotopic (exact) mass is 295 g/mol. The van der Waals surface area contributed by atoms with E-state index in [0.717, 1.165) is 0 Å². The van der Waals surface area contributed by atoms with Gasteiger partial charge in [0.05, 0.1) is 6.33 Å². The quantitative estimate of drug-likeness (QED) is 0.721. The minimum Gasteiger partial charge on any atom is -0.385 e. The number of alkyl halides is 1. The van der Waals surface area contributed by atoms with E-state index in [4.69, 9.17) is 16.3 Å². The fourth-order valence-electron chi connectivity index (χ4n) is 1.36. The van der Waals surface area contributed by atoms with Gasteiger partial charge in [0.1, 0.15) is 0 Å². The van der Waals surface area contributed by atoms with E-state index in [1.807, 2.05) is 6.92 Å². The van der Waals surface area contributed by atoms with Crippen LogP contribution < -0.4 is 4.72 Å². The Bertz CT molecular complexity index is 461. The van der Waals surface area contributed by atoms with E-state index in [9.17, 15) is 8.42 Å². The van der Waals surface area contributed by atoms with Gasteiger partial charge in [-0.05, 0) is 13.3 Å². The zero-order valence-corrected chi connectivity index (χ0v) is 12.0. The van der Waals surface area contributed by atoms with Gasteiger partial charge >= 0.3 is 0 Å². The molecule has 104 valence electrons. The van der Waals surface area contributed by atoms with Crippen LogP contribution in [-0.2, 0) is 21.3 Å². The molecule has 1 N–H and O–H groups in total. The van der Waals surface area contributed by atoms with Gasteiger partial charge in [0.2, 0.25) is 0 Å². The van der Waals surface area contributed by atoms with Crippen molar-refractivity contribution in [1.29, 1.82) is 0 Å². The lowest BCUT2D eigenvalue weighted by Crippen LogP contribution is -2.37. The van der Waals surface area contributed by atoms with Crippen molar-refractivity contribution in [3.63, 3.8) is 0 Å². The van der Waals surface area contributed by atoms with Gasteiger partial charge in [-0.2, -0.15) is 0 Å². The van der Waals surface area contributed by atoms with E-state index in [1.54, 1.807) is 11.7 Å². The molecule has 1 heterocycles. The second-order valence-corrected chi connectivity index (χ2v) is 5.77. The van der Waals surface area contributed by atoms with Crippen LogP contribution in [0, 0.1) is 0 Å². The van der Waals surface area contributed by atoms with Crippen LogP contribution in [0.3, 0.4) is 0 Å². The molecule has 0 fully saturated rings. The number of hydrogen-bond acceptors (Lipinski definition) is 4. The Morgan fingerprint density at radius 3 is 2.83 bits per heavy atom. The number of rotatable bonds is 8. The van der Waals surface area contributed by atoms with Gasteiger partial charge in [-0.3, -0.25) is 0 Å². The Kier molecular flexibility index (Phi) is 6.07. The molecule has 1 aromatic rings. The third-order valence-corrected chi connectivity index (χ3v) is 4.21. The number of hydrogen-bond donors (Lipinski definition) is 1. The maximum atomic E-state index is 12.0. The molecule has 0 saturated carbocycles.